The van der Waals surface area contributed by atoms with Gasteiger partial charge >= 0.3 is 0 Å². The molecule has 106 valence electrons. The van der Waals surface area contributed by atoms with Crippen LogP contribution in [-0.4, -0.2) is 38.9 Å². The van der Waals surface area contributed by atoms with Crippen molar-refractivity contribution < 1.29 is 8.42 Å². The molecule has 2 rings (SSSR count). The van der Waals surface area contributed by atoms with E-state index in [4.69, 9.17) is 0 Å². The van der Waals surface area contributed by atoms with Crippen LogP contribution in [0.2, 0.25) is 0 Å². The number of rotatable bonds is 5. The van der Waals surface area contributed by atoms with Gasteiger partial charge in [-0.15, -0.1) is 0 Å². The van der Waals surface area contributed by atoms with Crippen molar-refractivity contribution in [2.24, 2.45) is 5.92 Å². The van der Waals surface area contributed by atoms with Gasteiger partial charge in [-0.2, -0.15) is 4.31 Å². The molecular formula is C14H22N2O2S. The molecule has 19 heavy (non-hydrogen) atoms. The number of nitrogens with one attached hydrogen (secondary N) is 1. The Kier molecular flexibility index (Phi) is 4.96. The first-order valence-electron chi connectivity index (χ1n) is 6.90. The third kappa shape index (κ3) is 3.55. The minimum Gasteiger partial charge on any atom is -0.317 e. The minimum absolute atomic E-state index is 0.403. The molecule has 0 aromatic heterocycles. The molecule has 1 heterocycles. The van der Waals surface area contributed by atoms with Crippen LogP contribution in [0, 0.1) is 5.92 Å². The van der Waals surface area contributed by atoms with Gasteiger partial charge in [0.15, 0.2) is 0 Å². The van der Waals surface area contributed by atoms with Crippen molar-refractivity contribution in [3.05, 3.63) is 30.3 Å². The number of piperidine rings is 1. The molecule has 0 spiro atoms. The van der Waals surface area contributed by atoms with E-state index < -0.39 is 10.0 Å². The van der Waals surface area contributed by atoms with Crippen molar-refractivity contribution in [3.8, 4) is 0 Å². The molecule has 0 atom stereocenters. The number of nitrogens with zero attached hydrogens (tertiary/aromatic N) is 1. The number of benzene rings is 1. The highest BCUT2D eigenvalue weighted by atomic mass is 32.2. The number of sulfonamides is 1. The molecule has 1 aliphatic heterocycles. The highest BCUT2D eigenvalue weighted by Crippen LogP contribution is 2.23. The molecule has 1 aromatic carbocycles. The minimum atomic E-state index is -3.29. The van der Waals surface area contributed by atoms with Gasteiger partial charge < -0.3 is 5.32 Å². The predicted octanol–water partition coefficient (Wildman–Crippen LogP) is 1.70. The van der Waals surface area contributed by atoms with Gasteiger partial charge in [-0.3, -0.25) is 0 Å². The summed E-state index contributed by atoms with van der Waals surface area (Å²) >= 11 is 0. The maximum Gasteiger partial charge on any atom is 0.243 e. The van der Waals surface area contributed by atoms with E-state index in [1.807, 2.05) is 6.07 Å². The molecule has 1 fully saturated rings. The van der Waals surface area contributed by atoms with Crippen LogP contribution in [0.3, 0.4) is 0 Å². The fourth-order valence-corrected chi connectivity index (χ4v) is 3.93. The largest absolute Gasteiger partial charge is 0.317 e. The van der Waals surface area contributed by atoms with E-state index in [0.717, 1.165) is 25.9 Å². The first-order valence-corrected chi connectivity index (χ1v) is 8.34. The molecule has 1 aliphatic rings. The van der Waals surface area contributed by atoms with Crippen molar-refractivity contribution in [1.82, 2.24) is 9.62 Å². The highest BCUT2D eigenvalue weighted by molar-refractivity contribution is 7.89. The van der Waals surface area contributed by atoms with Gasteiger partial charge in [0.2, 0.25) is 10.0 Å². The second-order valence-corrected chi connectivity index (χ2v) is 6.91. The van der Waals surface area contributed by atoms with E-state index >= 15 is 0 Å². The van der Waals surface area contributed by atoms with Crippen molar-refractivity contribution >= 4 is 10.0 Å². The average Bonchev–Trinajstić information content (AvgIpc) is 2.46. The first kappa shape index (κ1) is 14.5. The number of hydrogen-bond acceptors (Lipinski definition) is 3. The lowest BCUT2D eigenvalue weighted by Gasteiger charge is -2.31. The van der Waals surface area contributed by atoms with Crippen LogP contribution >= 0.6 is 0 Å². The molecule has 4 nitrogen and oxygen atoms in total. The van der Waals surface area contributed by atoms with Crippen LogP contribution in [0.25, 0.3) is 0 Å². The zero-order chi connectivity index (χ0) is 13.7. The quantitative estimate of drug-likeness (QED) is 0.894. The van der Waals surface area contributed by atoms with Crippen molar-refractivity contribution in [2.45, 2.75) is 24.7 Å². The molecule has 1 N–H and O–H groups in total. The molecule has 5 heteroatoms. The maximum absolute atomic E-state index is 12.4. The highest BCUT2D eigenvalue weighted by Gasteiger charge is 2.28. The zero-order valence-electron chi connectivity index (χ0n) is 11.4. The Morgan fingerprint density at radius 1 is 1.21 bits per heavy atom. The van der Waals surface area contributed by atoms with Crippen molar-refractivity contribution in [2.75, 3.05) is 26.2 Å². The monoisotopic (exact) mass is 282 g/mol. The van der Waals surface area contributed by atoms with Crippen molar-refractivity contribution in [1.29, 1.82) is 0 Å². The molecule has 1 saturated heterocycles. The van der Waals surface area contributed by atoms with Gasteiger partial charge in [-0.05, 0) is 44.0 Å². The van der Waals surface area contributed by atoms with E-state index in [1.165, 1.54) is 0 Å². The molecular weight excluding hydrogens is 260 g/mol. The lowest BCUT2D eigenvalue weighted by molar-refractivity contribution is 0.268. The second kappa shape index (κ2) is 6.50. The molecule has 0 unspecified atom stereocenters. The van der Waals surface area contributed by atoms with Gasteiger partial charge in [-0.1, -0.05) is 25.1 Å². The van der Waals surface area contributed by atoms with Crippen LogP contribution in [0.5, 0.6) is 0 Å². The summed E-state index contributed by atoms with van der Waals surface area (Å²) in [6.45, 7) is 5.33. The summed E-state index contributed by atoms with van der Waals surface area (Å²) in [4.78, 5) is 0.403. The van der Waals surface area contributed by atoms with Gasteiger partial charge in [0.1, 0.15) is 0 Å². The Bertz CT molecular complexity index is 479. The summed E-state index contributed by atoms with van der Waals surface area (Å²) in [5.74, 6) is 0.599. The summed E-state index contributed by atoms with van der Waals surface area (Å²) in [6, 6.07) is 8.71. The Morgan fingerprint density at radius 2 is 1.84 bits per heavy atom. The first-order chi connectivity index (χ1) is 9.14. The SMILES string of the molecule is CCNCC1CCN(S(=O)(=O)c2ccccc2)CC1. The van der Waals surface area contributed by atoms with Gasteiger partial charge in [0, 0.05) is 13.1 Å². The predicted molar refractivity (Wildman–Crippen MR) is 76.5 cm³/mol. The van der Waals surface area contributed by atoms with E-state index in [9.17, 15) is 8.42 Å². The van der Waals surface area contributed by atoms with E-state index in [0.29, 0.717) is 23.9 Å². The summed E-state index contributed by atoms with van der Waals surface area (Å²) in [6.07, 6.45) is 1.89. The van der Waals surface area contributed by atoms with Crippen LogP contribution in [-0.2, 0) is 10.0 Å². The number of hydrogen-bond donors (Lipinski definition) is 1. The van der Waals surface area contributed by atoms with Crippen LogP contribution < -0.4 is 5.32 Å². The molecule has 0 bridgehead atoms. The maximum atomic E-state index is 12.4. The Balaban J connectivity index is 1.98. The lowest BCUT2D eigenvalue weighted by Crippen LogP contribution is -2.40. The van der Waals surface area contributed by atoms with E-state index in [1.54, 1.807) is 28.6 Å². The third-order valence-electron chi connectivity index (χ3n) is 3.64. The molecule has 0 aliphatic carbocycles. The summed E-state index contributed by atoms with van der Waals surface area (Å²) in [5, 5.41) is 3.34. The summed E-state index contributed by atoms with van der Waals surface area (Å²) in [7, 11) is -3.29. The average molecular weight is 282 g/mol. The summed E-state index contributed by atoms with van der Waals surface area (Å²) < 4.78 is 26.5. The fourth-order valence-electron chi connectivity index (χ4n) is 2.44. The fraction of sp³-hybridized carbons (Fsp3) is 0.571. The Hall–Kier alpha value is -0.910. The lowest BCUT2D eigenvalue weighted by atomic mass is 9.98. The standard InChI is InChI=1S/C14H22N2O2S/c1-2-15-12-13-8-10-16(11-9-13)19(17,18)14-6-4-3-5-7-14/h3-7,13,15H,2,8-12H2,1H3. The molecule has 0 saturated carbocycles. The van der Waals surface area contributed by atoms with Crippen molar-refractivity contribution in [3.63, 3.8) is 0 Å². The molecule has 0 radical (unpaired) electrons. The Labute approximate surface area is 115 Å². The van der Waals surface area contributed by atoms with Gasteiger partial charge in [-0.25, -0.2) is 8.42 Å². The second-order valence-electron chi connectivity index (χ2n) is 4.97. The van der Waals surface area contributed by atoms with Gasteiger partial charge in [0.05, 0.1) is 4.90 Å². The van der Waals surface area contributed by atoms with Crippen LogP contribution in [0.1, 0.15) is 19.8 Å². The molecule has 1 aromatic rings. The van der Waals surface area contributed by atoms with E-state index in [-0.39, 0.29) is 0 Å². The van der Waals surface area contributed by atoms with Gasteiger partial charge in [0.25, 0.3) is 0 Å². The third-order valence-corrected chi connectivity index (χ3v) is 5.55. The van der Waals surface area contributed by atoms with Crippen LogP contribution in [0.4, 0.5) is 0 Å². The normalized spacial score (nSPS) is 18.6. The topological polar surface area (TPSA) is 49.4 Å². The Morgan fingerprint density at radius 3 is 2.42 bits per heavy atom. The summed E-state index contributed by atoms with van der Waals surface area (Å²) in [5.41, 5.74) is 0. The smallest absolute Gasteiger partial charge is 0.243 e. The van der Waals surface area contributed by atoms with E-state index in [2.05, 4.69) is 12.2 Å². The zero-order valence-corrected chi connectivity index (χ0v) is 12.2. The van der Waals surface area contributed by atoms with Crippen LogP contribution in [0.15, 0.2) is 35.2 Å². The molecule has 0 amide bonds.